The van der Waals surface area contributed by atoms with Crippen molar-refractivity contribution in [2.24, 2.45) is 5.92 Å². The maximum Gasteiger partial charge on any atom is 0.242 e. The van der Waals surface area contributed by atoms with Gasteiger partial charge in [-0.15, -0.1) is 0 Å². The second-order valence-corrected chi connectivity index (χ2v) is 9.16. The fraction of sp³-hybridized carbons (Fsp3) is 0.296. The van der Waals surface area contributed by atoms with Gasteiger partial charge in [0.2, 0.25) is 5.91 Å². The highest BCUT2D eigenvalue weighted by Gasteiger charge is 2.46. The van der Waals surface area contributed by atoms with Gasteiger partial charge in [-0.3, -0.25) is 9.69 Å². The Balaban J connectivity index is 1.95. The lowest BCUT2D eigenvalue weighted by atomic mass is 9.96. The second kappa shape index (κ2) is 12.9. The lowest BCUT2D eigenvalue weighted by Crippen LogP contribution is -2.46. The number of halogens is 3. The number of aliphatic hydroxyl groups excluding tert-OH is 1. The topological polar surface area (TPSA) is 61.8 Å². The molecule has 1 aliphatic rings. The number of anilines is 1. The van der Waals surface area contributed by atoms with E-state index >= 15 is 4.39 Å². The van der Waals surface area contributed by atoms with Gasteiger partial charge in [0.1, 0.15) is 11.6 Å². The fourth-order valence-corrected chi connectivity index (χ4v) is 4.54. The van der Waals surface area contributed by atoms with Crippen molar-refractivity contribution in [1.29, 1.82) is 0 Å². The molecule has 0 aliphatic carbocycles. The molecule has 35 heavy (non-hydrogen) atoms. The quantitative estimate of drug-likeness (QED) is 0.373. The minimum Gasteiger partial charge on any atom is -0.494 e. The normalized spacial score (nSPS) is 20.8. The first-order valence-corrected chi connectivity index (χ1v) is 12.1. The monoisotopic (exact) mass is 518 g/mol. The third-order valence-electron chi connectivity index (χ3n) is 5.77. The van der Waals surface area contributed by atoms with Gasteiger partial charge in [-0.1, -0.05) is 54.1 Å². The van der Waals surface area contributed by atoms with Crippen molar-refractivity contribution in [3.63, 3.8) is 0 Å². The molecule has 2 unspecified atom stereocenters. The van der Waals surface area contributed by atoms with Crippen LogP contribution in [0.4, 0.5) is 10.1 Å². The van der Waals surface area contributed by atoms with Gasteiger partial charge in [-0.05, 0) is 61.4 Å². The number of hydrogen-bond acceptors (Lipinski definition) is 4. The molecule has 1 saturated heterocycles. The van der Waals surface area contributed by atoms with Gasteiger partial charge in [-0.2, -0.15) is 0 Å². The number of ether oxygens (including phenoxy) is 1. The number of aliphatic hydroxyl groups is 1. The Hall–Kier alpha value is -2.64. The highest BCUT2D eigenvalue weighted by molar-refractivity contribution is 6.31. The molecule has 2 N–H and O–H groups in total. The average Bonchev–Trinajstić information content (AvgIpc) is 3.17. The summed E-state index contributed by atoms with van der Waals surface area (Å²) >= 11 is 11.8. The Morgan fingerprint density at radius 2 is 2.09 bits per heavy atom. The summed E-state index contributed by atoms with van der Waals surface area (Å²) < 4.78 is 21.0. The molecular weight excluding hydrogens is 490 g/mol. The molecule has 5 nitrogen and oxygen atoms in total. The van der Waals surface area contributed by atoms with E-state index in [1.165, 1.54) is 18.2 Å². The van der Waals surface area contributed by atoms with E-state index in [4.69, 9.17) is 27.9 Å². The number of hydrogen-bond donors (Lipinski definition) is 2. The predicted octanol–water partition coefficient (Wildman–Crippen LogP) is 6.09. The molecule has 2 aromatic carbocycles. The molecule has 3 rings (SSSR count). The van der Waals surface area contributed by atoms with Crippen LogP contribution in [-0.2, 0) is 11.3 Å². The summed E-state index contributed by atoms with van der Waals surface area (Å²) in [5.41, 5.74) is 1.40. The summed E-state index contributed by atoms with van der Waals surface area (Å²) in [6.45, 7) is 6.09. The Bertz CT molecular complexity index is 1110. The number of allylic oxidation sites excluding steroid dienone is 4. The van der Waals surface area contributed by atoms with Gasteiger partial charge in [-0.25, -0.2) is 4.39 Å². The first kappa shape index (κ1) is 27.0. The molecule has 1 amide bonds. The zero-order valence-corrected chi connectivity index (χ0v) is 21.0. The molecule has 0 radical (unpaired) electrons. The molecule has 1 heterocycles. The summed E-state index contributed by atoms with van der Waals surface area (Å²) in [5, 5.41) is 13.7. The minimum absolute atomic E-state index is 0.218. The van der Waals surface area contributed by atoms with Gasteiger partial charge < -0.3 is 15.2 Å². The first-order valence-electron chi connectivity index (χ1n) is 11.3. The number of amides is 1. The molecule has 0 spiro atoms. The lowest BCUT2D eigenvalue weighted by Gasteiger charge is -2.30. The number of benzene rings is 2. The smallest absolute Gasteiger partial charge is 0.242 e. The van der Waals surface area contributed by atoms with Crippen molar-refractivity contribution in [3.05, 3.63) is 94.8 Å². The van der Waals surface area contributed by atoms with Crippen molar-refractivity contribution in [3.8, 4) is 5.75 Å². The molecule has 0 saturated carbocycles. The van der Waals surface area contributed by atoms with Crippen molar-refractivity contribution in [2.45, 2.75) is 32.0 Å². The Labute approximate surface area is 215 Å². The summed E-state index contributed by atoms with van der Waals surface area (Å²) in [5.74, 6) is -0.925. The van der Waals surface area contributed by atoms with Crippen molar-refractivity contribution >= 4 is 34.8 Å². The van der Waals surface area contributed by atoms with Gasteiger partial charge >= 0.3 is 0 Å². The van der Waals surface area contributed by atoms with Crippen LogP contribution in [-0.4, -0.2) is 41.2 Å². The van der Waals surface area contributed by atoms with E-state index in [-0.39, 0.29) is 24.0 Å². The summed E-state index contributed by atoms with van der Waals surface area (Å²) in [6.07, 6.45) is 4.48. The molecular formula is C27H29Cl2FN2O3. The number of carbonyl (C=O) groups excluding carboxylic acids is 1. The van der Waals surface area contributed by atoms with Crippen LogP contribution in [0.15, 0.2) is 84.2 Å². The van der Waals surface area contributed by atoms with Gasteiger partial charge in [0, 0.05) is 34.2 Å². The van der Waals surface area contributed by atoms with Crippen molar-refractivity contribution in [1.82, 2.24) is 4.90 Å². The number of carbonyl (C=O) groups is 1. The molecule has 8 heteroatoms. The van der Waals surface area contributed by atoms with Crippen LogP contribution in [0.2, 0.25) is 5.02 Å². The van der Waals surface area contributed by atoms with Gasteiger partial charge in [0.15, 0.2) is 0 Å². The van der Waals surface area contributed by atoms with E-state index in [1.54, 1.807) is 24.3 Å². The third kappa shape index (κ3) is 7.42. The van der Waals surface area contributed by atoms with E-state index < -0.39 is 23.8 Å². The Morgan fingerprint density at radius 1 is 1.31 bits per heavy atom. The molecule has 0 bridgehead atoms. The van der Waals surface area contributed by atoms with Crippen LogP contribution >= 0.6 is 23.2 Å². The molecule has 1 aliphatic heterocycles. The maximum absolute atomic E-state index is 15.4. The number of likely N-dealkylation sites (tertiary alicyclic amines) is 1. The van der Waals surface area contributed by atoms with E-state index in [0.717, 1.165) is 5.56 Å². The lowest BCUT2D eigenvalue weighted by molar-refractivity contribution is -0.122. The number of nitrogens with zero attached hydrogens (tertiary/aromatic N) is 1. The standard InChI is InChI=1S/C27H29Cl2FN2O3/c1-3-35-23-11-5-8-19(13-23)16-32-22(17-33)15-24(25(30)12-4-7-18(2)28)26(32)27(34)31-21-10-6-9-20(29)14-21/h4-14,22,24,26,33H,2-3,15-17H2,1H3,(H,31,34)/b7-4-,25-12-/t22-,24?,26?/m1/s1. The summed E-state index contributed by atoms with van der Waals surface area (Å²) in [4.78, 5) is 15.3. The first-order chi connectivity index (χ1) is 16.8. The predicted molar refractivity (Wildman–Crippen MR) is 139 cm³/mol. The Morgan fingerprint density at radius 3 is 2.77 bits per heavy atom. The van der Waals surface area contributed by atoms with E-state index in [0.29, 0.717) is 29.6 Å². The van der Waals surface area contributed by atoms with Crippen molar-refractivity contribution < 1.29 is 19.0 Å². The molecule has 186 valence electrons. The SMILES string of the molecule is C=C(Cl)/C=C\C=C(/F)C1C[C@H](CO)N(Cc2cccc(OCC)c2)C1C(=O)Nc1cccc(Cl)c1. The maximum atomic E-state index is 15.4. The van der Waals surface area contributed by atoms with E-state index in [1.807, 2.05) is 36.1 Å². The molecule has 0 aromatic heterocycles. The third-order valence-corrected chi connectivity index (χ3v) is 6.13. The van der Waals surface area contributed by atoms with Crippen LogP contribution in [0.25, 0.3) is 0 Å². The van der Waals surface area contributed by atoms with E-state index in [9.17, 15) is 9.90 Å². The summed E-state index contributed by atoms with van der Waals surface area (Å²) in [6, 6.07) is 13.0. The highest BCUT2D eigenvalue weighted by atomic mass is 35.5. The summed E-state index contributed by atoms with van der Waals surface area (Å²) in [7, 11) is 0. The van der Waals surface area contributed by atoms with E-state index in [2.05, 4.69) is 11.9 Å². The minimum atomic E-state index is -0.870. The van der Waals surface area contributed by atoms with Crippen LogP contribution < -0.4 is 10.1 Å². The molecule has 1 fully saturated rings. The second-order valence-electron chi connectivity index (χ2n) is 8.23. The highest BCUT2D eigenvalue weighted by Crippen LogP contribution is 2.38. The van der Waals surface area contributed by atoms with Crippen molar-refractivity contribution in [2.75, 3.05) is 18.5 Å². The largest absolute Gasteiger partial charge is 0.494 e. The number of rotatable bonds is 10. The van der Waals surface area contributed by atoms with Crippen LogP contribution in [0.1, 0.15) is 18.9 Å². The van der Waals surface area contributed by atoms with Crippen LogP contribution in [0.5, 0.6) is 5.75 Å². The van der Waals surface area contributed by atoms with Gasteiger partial charge in [0.25, 0.3) is 0 Å². The molecule has 2 aromatic rings. The van der Waals surface area contributed by atoms with Gasteiger partial charge in [0.05, 0.1) is 19.3 Å². The fourth-order valence-electron chi connectivity index (χ4n) is 4.28. The average molecular weight is 519 g/mol. The zero-order valence-electron chi connectivity index (χ0n) is 19.5. The molecule has 3 atom stereocenters. The van der Waals surface area contributed by atoms with Crippen LogP contribution in [0, 0.1) is 5.92 Å². The van der Waals surface area contributed by atoms with Crippen LogP contribution in [0.3, 0.4) is 0 Å². The zero-order chi connectivity index (χ0) is 25.4. The number of nitrogens with one attached hydrogen (secondary N) is 1. The Kier molecular flexibility index (Phi) is 9.93.